The molecule has 4 heterocycles. The van der Waals surface area contributed by atoms with Crippen molar-refractivity contribution in [1.29, 1.82) is 0 Å². The van der Waals surface area contributed by atoms with Crippen LogP contribution in [0.3, 0.4) is 0 Å². The van der Waals surface area contributed by atoms with Crippen LogP contribution in [-0.2, 0) is 23.5 Å². The van der Waals surface area contributed by atoms with E-state index in [4.69, 9.17) is 32.9 Å². The van der Waals surface area contributed by atoms with Crippen LogP contribution < -0.4 is 0 Å². The van der Waals surface area contributed by atoms with Gasteiger partial charge in [0.15, 0.2) is 16.0 Å². The molecule has 1 atom stereocenters. The summed E-state index contributed by atoms with van der Waals surface area (Å²) in [6.07, 6.45) is 2.89. The second kappa shape index (κ2) is 9.55. The Kier molecular flexibility index (Phi) is 6.86. The number of hydrogen-bond acceptors (Lipinski definition) is 7. The van der Waals surface area contributed by atoms with Crippen molar-refractivity contribution in [3.63, 3.8) is 0 Å². The maximum absolute atomic E-state index is 6.40. The number of hydrogen-bond donors (Lipinski definition) is 0. The van der Waals surface area contributed by atoms with E-state index in [-0.39, 0.29) is 5.60 Å². The number of rotatable bonds is 7. The van der Waals surface area contributed by atoms with E-state index in [0.717, 1.165) is 56.8 Å². The monoisotopic (exact) mass is 538 g/mol. The third-order valence-corrected chi connectivity index (χ3v) is 9.92. The Morgan fingerprint density at radius 1 is 1.15 bits per heavy atom. The lowest BCUT2D eigenvalue weighted by atomic mass is 9.90. The van der Waals surface area contributed by atoms with Crippen molar-refractivity contribution in [3.8, 4) is 0 Å². The Labute approximate surface area is 215 Å². The van der Waals surface area contributed by atoms with Gasteiger partial charge in [-0.05, 0) is 43.0 Å². The lowest BCUT2D eigenvalue weighted by Crippen LogP contribution is -2.33. The zero-order chi connectivity index (χ0) is 23.2. The molecule has 1 aliphatic rings. The van der Waals surface area contributed by atoms with Gasteiger partial charge in [-0.25, -0.2) is 9.38 Å². The molecule has 0 spiro atoms. The summed E-state index contributed by atoms with van der Waals surface area (Å²) in [6.45, 7) is 7.17. The van der Waals surface area contributed by atoms with Crippen molar-refractivity contribution in [3.05, 3.63) is 44.2 Å². The number of ether oxygens (including phenoxy) is 1. The van der Waals surface area contributed by atoms with Crippen molar-refractivity contribution in [2.24, 2.45) is 0 Å². The molecule has 1 aliphatic heterocycles. The number of benzene rings is 1. The van der Waals surface area contributed by atoms with E-state index >= 15 is 0 Å². The van der Waals surface area contributed by atoms with E-state index in [1.165, 1.54) is 10.4 Å². The van der Waals surface area contributed by atoms with Crippen LogP contribution in [-0.4, -0.2) is 30.9 Å². The molecule has 1 unspecified atom stereocenters. The molecule has 5 nitrogen and oxygen atoms in total. The lowest BCUT2D eigenvalue weighted by Gasteiger charge is -2.33. The predicted octanol–water partition coefficient (Wildman–Crippen LogP) is 7.68. The Hall–Kier alpha value is -1.03. The average molecular weight is 540 g/mol. The standard InChI is InChI=1S/C23H24Cl2N4OS3/c1-4-9-31-21-26-20-18(13-10-23(3,5-2)30-11-17(13)33-20)19-27-28-22(29(19)21)32-12-14-15(24)7-6-8-16(14)25/h6-8H,4-5,9-12H2,1-3H3. The van der Waals surface area contributed by atoms with Crippen LogP contribution in [0, 0.1) is 0 Å². The van der Waals surface area contributed by atoms with Crippen LogP contribution in [0.5, 0.6) is 0 Å². The number of fused-ring (bicyclic) bond motifs is 5. The first-order valence-corrected chi connectivity index (χ1v) is 14.5. The third kappa shape index (κ3) is 4.39. The maximum atomic E-state index is 6.40. The van der Waals surface area contributed by atoms with Gasteiger partial charge >= 0.3 is 0 Å². The van der Waals surface area contributed by atoms with Crippen LogP contribution in [0.25, 0.3) is 15.9 Å². The van der Waals surface area contributed by atoms with Gasteiger partial charge in [0, 0.05) is 32.8 Å². The molecule has 10 heteroatoms. The SMILES string of the molecule is CCCSc1nc2sc3c(c2c2nnc(SCc4c(Cl)cccc4Cl)n12)CC(C)(CC)OC3. The Balaban J connectivity index is 1.62. The molecule has 0 saturated heterocycles. The molecule has 33 heavy (non-hydrogen) atoms. The van der Waals surface area contributed by atoms with Crippen LogP contribution in [0.2, 0.25) is 10.0 Å². The normalized spacial score (nSPS) is 18.3. The summed E-state index contributed by atoms with van der Waals surface area (Å²) >= 11 is 17.9. The summed E-state index contributed by atoms with van der Waals surface area (Å²) in [4.78, 5) is 7.36. The molecular formula is C23H24Cl2N4OS3. The largest absolute Gasteiger partial charge is 0.369 e. The molecule has 0 bridgehead atoms. The molecule has 0 amide bonds. The molecule has 0 aliphatic carbocycles. The summed E-state index contributed by atoms with van der Waals surface area (Å²) in [6, 6.07) is 5.59. The summed E-state index contributed by atoms with van der Waals surface area (Å²) in [5.41, 5.74) is 2.94. The molecule has 1 aromatic carbocycles. The highest BCUT2D eigenvalue weighted by atomic mass is 35.5. The highest BCUT2D eigenvalue weighted by Gasteiger charge is 2.33. The quantitative estimate of drug-likeness (QED) is 0.177. The fraction of sp³-hybridized carbons (Fsp3) is 0.435. The zero-order valence-electron chi connectivity index (χ0n) is 18.7. The van der Waals surface area contributed by atoms with Gasteiger partial charge in [0.05, 0.1) is 17.6 Å². The average Bonchev–Trinajstić information content (AvgIpc) is 3.38. The van der Waals surface area contributed by atoms with Gasteiger partial charge in [0.2, 0.25) is 0 Å². The van der Waals surface area contributed by atoms with Gasteiger partial charge in [-0.15, -0.1) is 21.5 Å². The fourth-order valence-corrected chi connectivity index (χ4v) is 7.67. The van der Waals surface area contributed by atoms with Crippen molar-refractivity contribution in [2.75, 3.05) is 5.75 Å². The Morgan fingerprint density at radius 2 is 1.94 bits per heavy atom. The summed E-state index contributed by atoms with van der Waals surface area (Å²) in [5.74, 6) is 1.59. The van der Waals surface area contributed by atoms with Crippen LogP contribution in [0.15, 0.2) is 28.5 Å². The minimum absolute atomic E-state index is 0.161. The maximum Gasteiger partial charge on any atom is 0.198 e. The van der Waals surface area contributed by atoms with Crippen molar-refractivity contribution < 1.29 is 4.74 Å². The summed E-state index contributed by atoms with van der Waals surface area (Å²) in [5, 5.41) is 13.4. The summed E-state index contributed by atoms with van der Waals surface area (Å²) in [7, 11) is 0. The van der Waals surface area contributed by atoms with Gasteiger partial charge < -0.3 is 4.74 Å². The Morgan fingerprint density at radius 3 is 2.67 bits per heavy atom. The third-order valence-electron chi connectivity index (χ3n) is 6.01. The number of aromatic nitrogens is 4. The Bertz CT molecular complexity index is 1320. The molecule has 0 fully saturated rings. The van der Waals surface area contributed by atoms with Gasteiger partial charge in [-0.3, -0.25) is 0 Å². The molecule has 3 aromatic heterocycles. The smallest absolute Gasteiger partial charge is 0.198 e. The molecule has 0 radical (unpaired) electrons. The van der Waals surface area contributed by atoms with E-state index in [1.807, 2.05) is 18.2 Å². The summed E-state index contributed by atoms with van der Waals surface area (Å²) < 4.78 is 8.31. The molecule has 5 rings (SSSR count). The second-order valence-electron chi connectivity index (χ2n) is 8.33. The van der Waals surface area contributed by atoms with Gasteiger partial charge in [0.1, 0.15) is 4.83 Å². The minimum Gasteiger partial charge on any atom is -0.369 e. The van der Waals surface area contributed by atoms with Crippen molar-refractivity contribution >= 4 is 73.9 Å². The predicted molar refractivity (Wildman–Crippen MR) is 140 cm³/mol. The highest BCUT2D eigenvalue weighted by molar-refractivity contribution is 7.99. The number of halogens is 2. The lowest BCUT2D eigenvalue weighted by molar-refractivity contribution is -0.0542. The van der Waals surface area contributed by atoms with E-state index in [2.05, 4.69) is 35.4 Å². The van der Waals surface area contributed by atoms with Gasteiger partial charge in [-0.2, -0.15) is 0 Å². The molecule has 0 saturated carbocycles. The molecular weight excluding hydrogens is 515 g/mol. The number of thioether (sulfide) groups is 2. The first kappa shape index (κ1) is 23.7. The van der Waals surface area contributed by atoms with Crippen LogP contribution >= 0.6 is 58.1 Å². The second-order valence-corrected chi connectivity index (χ2v) is 12.2. The molecule has 4 aromatic rings. The first-order chi connectivity index (χ1) is 15.9. The number of nitrogens with zero attached hydrogens (tertiary/aromatic N) is 4. The van der Waals surface area contributed by atoms with Crippen molar-refractivity contribution in [1.82, 2.24) is 19.6 Å². The van der Waals surface area contributed by atoms with Gasteiger partial charge in [-0.1, -0.05) is 66.6 Å². The molecule has 0 N–H and O–H groups in total. The molecule has 174 valence electrons. The zero-order valence-corrected chi connectivity index (χ0v) is 22.6. The first-order valence-electron chi connectivity index (χ1n) is 11.0. The van der Waals surface area contributed by atoms with E-state index in [9.17, 15) is 0 Å². The fourth-order valence-electron chi connectivity index (χ4n) is 3.93. The van der Waals surface area contributed by atoms with E-state index < -0.39 is 0 Å². The highest BCUT2D eigenvalue weighted by Crippen LogP contribution is 2.42. The van der Waals surface area contributed by atoms with Crippen LogP contribution in [0.1, 0.15) is 49.6 Å². The minimum atomic E-state index is -0.161. The van der Waals surface area contributed by atoms with Crippen molar-refractivity contribution in [2.45, 2.75) is 68.3 Å². The van der Waals surface area contributed by atoms with E-state index in [0.29, 0.717) is 22.4 Å². The number of thiophene rings is 1. The van der Waals surface area contributed by atoms with Gasteiger partial charge in [0.25, 0.3) is 0 Å². The topological polar surface area (TPSA) is 52.3 Å². The van der Waals surface area contributed by atoms with Crippen LogP contribution in [0.4, 0.5) is 0 Å². The van der Waals surface area contributed by atoms with E-state index in [1.54, 1.807) is 34.9 Å².